The molecule has 7 heteroatoms. The molecule has 2 unspecified atom stereocenters. The van der Waals surface area contributed by atoms with Crippen molar-refractivity contribution in [2.45, 2.75) is 31.2 Å². The Bertz CT molecular complexity index is 836. The van der Waals surface area contributed by atoms with E-state index in [-0.39, 0.29) is 5.28 Å². The molecule has 1 saturated carbocycles. The number of aromatic nitrogens is 5. The van der Waals surface area contributed by atoms with E-state index in [1.807, 2.05) is 30.2 Å². The summed E-state index contributed by atoms with van der Waals surface area (Å²) in [7, 11) is 1.96. The van der Waals surface area contributed by atoms with Crippen LogP contribution in [0.5, 0.6) is 0 Å². The first kappa shape index (κ1) is 13.6. The average molecular weight is 317 g/mol. The van der Waals surface area contributed by atoms with Crippen molar-refractivity contribution in [2.24, 2.45) is 7.05 Å². The van der Waals surface area contributed by atoms with Gasteiger partial charge in [0.2, 0.25) is 5.28 Å². The monoisotopic (exact) mass is 316 g/mol. The Morgan fingerprint density at radius 2 is 2.18 bits per heavy atom. The number of anilines is 1. The Morgan fingerprint density at radius 1 is 1.32 bits per heavy atom. The Labute approximate surface area is 132 Å². The van der Waals surface area contributed by atoms with Crippen LogP contribution in [0.25, 0.3) is 11.0 Å². The Morgan fingerprint density at radius 3 is 2.95 bits per heavy atom. The van der Waals surface area contributed by atoms with Crippen LogP contribution in [0.3, 0.4) is 0 Å². The van der Waals surface area contributed by atoms with E-state index in [2.05, 4.69) is 25.8 Å². The van der Waals surface area contributed by atoms with Gasteiger partial charge in [-0.25, -0.2) is 4.98 Å². The van der Waals surface area contributed by atoms with Gasteiger partial charge in [0.25, 0.3) is 0 Å². The lowest BCUT2D eigenvalue weighted by Gasteiger charge is -2.14. The standard InChI is InChI=1S/C15H17ClN6/c1-21-8-10(7-18-21)9-2-3-11(6-9)22-5-4-12-13(17)19-15(16)20-14(12)22/h4-5,7-9,11H,2-3,6H2,1H3,(H2,17,19,20). The molecule has 3 aromatic rings. The first-order chi connectivity index (χ1) is 10.6. The molecule has 1 fully saturated rings. The molecular formula is C15H17ClN6. The largest absolute Gasteiger partial charge is 0.383 e. The van der Waals surface area contributed by atoms with Crippen LogP contribution in [0.4, 0.5) is 5.82 Å². The van der Waals surface area contributed by atoms with Crippen LogP contribution in [0, 0.1) is 0 Å². The van der Waals surface area contributed by atoms with Crippen molar-refractivity contribution in [3.8, 4) is 0 Å². The molecule has 0 amide bonds. The lowest BCUT2D eigenvalue weighted by molar-refractivity contribution is 0.523. The summed E-state index contributed by atoms with van der Waals surface area (Å²) in [6, 6.07) is 2.38. The molecule has 0 spiro atoms. The quantitative estimate of drug-likeness (QED) is 0.738. The lowest BCUT2D eigenvalue weighted by atomic mass is 10.0. The zero-order valence-corrected chi connectivity index (χ0v) is 13.0. The molecule has 0 aromatic carbocycles. The minimum atomic E-state index is 0.201. The van der Waals surface area contributed by atoms with Gasteiger partial charge in [-0.05, 0) is 48.4 Å². The first-order valence-corrected chi connectivity index (χ1v) is 7.77. The number of fused-ring (bicyclic) bond motifs is 1. The molecule has 0 radical (unpaired) electrons. The molecule has 1 aliphatic rings. The van der Waals surface area contributed by atoms with Gasteiger partial charge in [-0.15, -0.1) is 0 Å². The third-order valence-corrected chi connectivity index (χ3v) is 4.74. The molecule has 3 heterocycles. The lowest BCUT2D eigenvalue weighted by Crippen LogP contribution is -2.06. The van der Waals surface area contributed by atoms with Crippen molar-refractivity contribution in [1.82, 2.24) is 24.3 Å². The summed E-state index contributed by atoms with van der Waals surface area (Å²) >= 11 is 5.96. The molecule has 0 bridgehead atoms. The molecule has 2 N–H and O–H groups in total. The highest BCUT2D eigenvalue weighted by Crippen LogP contribution is 2.42. The summed E-state index contributed by atoms with van der Waals surface area (Å²) in [6.45, 7) is 0. The van der Waals surface area contributed by atoms with Crippen LogP contribution in [-0.2, 0) is 7.05 Å². The normalized spacial score (nSPS) is 21.7. The first-order valence-electron chi connectivity index (χ1n) is 7.40. The Balaban J connectivity index is 1.66. The van der Waals surface area contributed by atoms with Gasteiger partial charge < -0.3 is 10.3 Å². The van der Waals surface area contributed by atoms with Gasteiger partial charge in [0, 0.05) is 25.5 Å². The fraction of sp³-hybridized carbons (Fsp3) is 0.400. The molecule has 22 heavy (non-hydrogen) atoms. The van der Waals surface area contributed by atoms with Crippen molar-refractivity contribution in [3.05, 3.63) is 35.5 Å². The minimum absolute atomic E-state index is 0.201. The molecule has 1 aliphatic carbocycles. The van der Waals surface area contributed by atoms with E-state index < -0.39 is 0 Å². The van der Waals surface area contributed by atoms with E-state index in [1.54, 1.807) is 0 Å². The maximum absolute atomic E-state index is 5.96. The summed E-state index contributed by atoms with van der Waals surface area (Å²) in [6.07, 6.45) is 9.48. The van der Waals surface area contributed by atoms with Gasteiger partial charge in [-0.1, -0.05) is 0 Å². The van der Waals surface area contributed by atoms with Gasteiger partial charge in [-0.3, -0.25) is 4.68 Å². The summed E-state index contributed by atoms with van der Waals surface area (Å²) in [4.78, 5) is 8.38. The molecule has 0 saturated heterocycles. The van der Waals surface area contributed by atoms with Gasteiger partial charge in [0.1, 0.15) is 11.5 Å². The number of rotatable bonds is 2. The summed E-state index contributed by atoms with van der Waals surface area (Å²) in [5.41, 5.74) is 8.07. The van der Waals surface area contributed by atoms with Crippen molar-refractivity contribution in [3.63, 3.8) is 0 Å². The highest BCUT2D eigenvalue weighted by molar-refractivity contribution is 6.28. The maximum Gasteiger partial charge on any atom is 0.226 e. The number of halogens is 1. The van der Waals surface area contributed by atoms with Gasteiger partial charge in [0.05, 0.1) is 11.6 Å². The molecule has 6 nitrogen and oxygen atoms in total. The van der Waals surface area contributed by atoms with Crippen LogP contribution < -0.4 is 5.73 Å². The van der Waals surface area contributed by atoms with Crippen LogP contribution in [0.2, 0.25) is 5.28 Å². The third-order valence-electron chi connectivity index (χ3n) is 4.57. The van der Waals surface area contributed by atoms with Crippen molar-refractivity contribution >= 4 is 28.5 Å². The molecule has 3 aromatic heterocycles. The molecule has 2 atom stereocenters. The Kier molecular flexibility index (Phi) is 3.07. The fourth-order valence-electron chi connectivity index (χ4n) is 3.49. The summed E-state index contributed by atoms with van der Waals surface area (Å²) in [5.74, 6) is 0.987. The van der Waals surface area contributed by atoms with Crippen molar-refractivity contribution in [1.29, 1.82) is 0 Å². The highest BCUT2D eigenvalue weighted by atomic mass is 35.5. The zero-order valence-electron chi connectivity index (χ0n) is 12.3. The van der Waals surface area contributed by atoms with E-state index in [4.69, 9.17) is 17.3 Å². The van der Waals surface area contributed by atoms with Gasteiger partial charge >= 0.3 is 0 Å². The van der Waals surface area contributed by atoms with Gasteiger partial charge in [-0.2, -0.15) is 10.1 Å². The predicted molar refractivity (Wildman–Crippen MR) is 85.8 cm³/mol. The topological polar surface area (TPSA) is 74.5 Å². The third kappa shape index (κ3) is 2.14. The van der Waals surface area contributed by atoms with Crippen molar-refractivity contribution < 1.29 is 0 Å². The van der Waals surface area contributed by atoms with Crippen LogP contribution in [0.1, 0.15) is 36.8 Å². The number of nitrogens with two attached hydrogens (primary N) is 1. The van der Waals surface area contributed by atoms with Crippen LogP contribution >= 0.6 is 11.6 Å². The van der Waals surface area contributed by atoms with Crippen LogP contribution in [0.15, 0.2) is 24.7 Å². The molecule has 0 aliphatic heterocycles. The molecular weight excluding hydrogens is 300 g/mol. The zero-order chi connectivity index (χ0) is 15.3. The summed E-state index contributed by atoms with van der Waals surface area (Å²) in [5, 5.41) is 5.35. The molecule has 114 valence electrons. The maximum atomic E-state index is 5.96. The van der Waals surface area contributed by atoms with Crippen molar-refractivity contribution in [2.75, 3.05) is 5.73 Å². The van der Waals surface area contributed by atoms with E-state index in [9.17, 15) is 0 Å². The smallest absolute Gasteiger partial charge is 0.226 e. The number of nitrogen functional groups attached to an aromatic ring is 1. The second-order valence-electron chi connectivity index (χ2n) is 5.95. The number of hydrogen-bond acceptors (Lipinski definition) is 4. The van der Waals surface area contributed by atoms with E-state index in [0.717, 1.165) is 30.3 Å². The average Bonchev–Trinajstić information content (AvgIpc) is 3.15. The summed E-state index contributed by atoms with van der Waals surface area (Å²) < 4.78 is 4.05. The minimum Gasteiger partial charge on any atom is -0.383 e. The Hall–Kier alpha value is -2.08. The number of aryl methyl sites for hydroxylation is 1. The molecule has 4 rings (SSSR count). The second kappa shape index (κ2) is 4.98. The number of nitrogens with zero attached hydrogens (tertiary/aromatic N) is 5. The number of hydrogen-bond donors (Lipinski definition) is 1. The highest BCUT2D eigenvalue weighted by Gasteiger charge is 2.29. The van der Waals surface area contributed by atoms with E-state index in [1.165, 1.54) is 5.56 Å². The van der Waals surface area contributed by atoms with E-state index >= 15 is 0 Å². The second-order valence-corrected chi connectivity index (χ2v) is 6.29. The SMILES string of the molecule is Cn1cc(C2CCC(n3ccc4c(N)nc(Cl)nc43)C2)cn1. The van der Waals surface area contributed by atoms with Crippen LogP contribution in [-0.4, -0.2) is 24.3 Å². The predicted octanol–water partition coefficient (Wildman–Crippen LogP) is 2.91. The fourth-order valence-corrected chi connectivity index (χ4v) is 3.66. The van der Waals surface area contributed by atoms with Gasteiger partial charge in [0.15, 0.2) is 0 Å². The van der Waals surface area contributed by atoms with E-state index in [0.29, 0.717) is 17.8 Å².